The van der Waals surface area contributed by atoms with Gasteiger partial charge in [0.15, 0.2) is 5.82 Å². The van der Waals surface area contributed by atoms with Crippen molar-refractivity contribution in [2.45, 2.75) is 38.1 Å². The van der Waals surface area contributed by atoms with Crippen LogP contribution in [0.4, 0.5) is 0 Å². The average Bonchev–Trinajstić information content (AvgIpc) is 3.38. The van der Waals surface area contributed by atoms with Crippen LogP contribution in [0, 0.1) is 0 Å². The maximum Gasteiger partial charge on any atom is 0.222 e. The van der Waals surface area contributed by atoms with Crippen molar-refractivity contribution in [1.29, 1.82) is 0 Å². The minimum atomic E-state index is 0.203. The molecule has 0 aromatic carbocycles. The minimum absolute atomic E-state index is 0.203. The molecule has 0 N–H and O–H groups in total. The largest absolute Gasteiger partial charge is 0.342 e. The van der Waals surface area contributed by atoms with E-state index in [-0.39, 0.29) is 11.8 Å². The van der Waals surface area contributed by atoms with Gasteiger partial charge in [-0.05, 0) is 30.9 Å². The first kappa shape index (κ1) is 18.3. The third-order valence-corrected chi connectivity index (χ3v) is 5.37. The van der Waals surface area contributed by atoms with Gasteiger partial charge in [-0.2, -0.15) is 0 Å². The number of carbonyl (C=O) groups is 1. The molecule has 1 aliphatic heterocycles. The average molecular weight is 379 g/mol. The minimum Gasteiger partial charge on any atom is -0.342 e. The van der Waals surface area contributed by atoms with Crippen molar-refractivity contribution in [3.63, 3.8) is 0 Å². The number of aryl methyl sites for hydroxylation is 1. The zero-order valence-electron chi connectivity index (χ0n) is 16.1. The van der Waals surface area contributed by atoms with Gasteiger partial charge in [-0.3, -0.25) is 9.78 Å². The molecule has 3 aromatic rings. The Morgan fingerprint density at radius 2 is 2.18 bits per heavy atom. The van der Waals surface area contributed by atoms with Crippen molar-refractivity contribution < 1.29 is 4.79 Å². The lowest BCUT2D eigenvalue weighted by Crippen LogP contribution is -2.39. The summed E-state index contributed by atoms with van der Waals surface area (Å²) in [5.41, 5.74) is 1.10. The van der Waals surface area contributed by atoms with Crippen LogP contribution in [0.5, 0.6) is 0 Å². The van der Waals surface area contributed by atoms with Crippen molar-refractivity contribution in [2.75, 3.05) is 13.1 Å². The number of nitrogens with zero attached hydrogens (tertiary/aromatic N) is 7. The number of hydrogen-bond acceptors (Lipinski definition) is 5. The van der Waals surface area contributed by atoms with Crippen LogP contribution in [0.15, 0.2) is 43.2 Å². The SMILES string of the molecule is Cn1c(Cn2ccnc2)nnc1C1CCCN(C(=O)CCc2cccnc2)C1. The third-order valence-electron chi connectivity index (χ3n) is 5.37. The van der Waals surface area contributed by atoms with E-state index in [1.165, 1.54) is 0 Å². The van der Waals surface area contributed by atoms with Gasteiger partial charge in [-0.15, -0.1) is 10.2 Å². The smallest absolute Gasteiger partial charge is 0.222 e. The Kier molecular flexibility index (Phi) is 5.45. The molecule has 1 saturated heterocycles. The monoisotopic (exact) mass is 379 g/mol. The van der Waals surface area contributed by atoms with Gasteiger partial charge in [0.05, 0.1) is 12.9 Å². The Labute approximate surface area is 164 Å². The van der Waals surface area contributed by atoms with Gasteiger partial charge in [0.1, 0.15) is 5.82 Å². The number of likely N-dealkylation sites (tertiary alicyclic amines) is 1. The molecule has 0 saturated carbocycles. The number of pyridine rings is 1. The number of rotatable bonds is 6. The summed E-state index contributed by atoms with van der Waals surface area (Å²) in [7, 11) is 2.00. The molecule has 1 amide bonds. The predicted octanol–water partition coefficient (Wildman–Crippen LogP) is 1.79. The van der Waals surface area contributed by atoms with E-state index in [0.29, 0.717) is 19.5 Å². The first-order chi connectivity index (χ1) is 13.7. The Morgan fingerprint density at radius 3 is 2.96 bits per heavy atom. The van der Waals surface area contributed by atoms with Crippen molar-refractivity contribution in [2.24, 2.45) is 7.05 Å². The van der Waals surface area contributed by atoms with Crippen molar-refractivity contribution in [1.82, 2.24) is 34.2 Å². The highest BCUT2D eigenvalue weighted by atomic mass is 16.2. The maximum atomic E-state index is 12.7. The van der Waals surface area contributed by atoms with Gasteiger partial charge >= 0.3 is 0 Å². The molecule has 1 atom stereocenters. The normalized spacial score (nSPS) is 17.0. The molecule has 28 heavy (non-hydrogen) atoms. The van der Waals surface area contributed by atoms with E-state index in [1.54, 1.807) is 18.7 Å². The predicted molar refractivity (Wildman–Crippen MR) is 103 cm³/mol. The van der Waals surface area contributed by atoms with E-state index in [2.05, 4.69) is 24.7 Å². The fourth-order valence-electron chi connectivity index (χ4n) is 3.78. The van der Waals surface area contributed by atoms with Gasteiger partial charge in [-0.1, -0.05) is 6.07 Å². The number of amides is 1. The maximum absolute atomic E-state index is 12.7. The highest BCUT2D eigenvalue weighted by Gasteiger charge is 2.28. The van der Waals surface area contributed by atoms with Crippen LogP contribution in [0.1, 0.15) is 42.4 Å². The summed E-state index contributed by atoms with van der Waals surface area (Å²) in [5.74, 6) is 2.28. The summed E-state index contributed by atoms with van der Waals surface area (Å²) in [6.45, 7) is 2.18. The molecule has 0 spiro atoms. The van der Waals surface area contributed by atoms with E-state index in [4.69, 9.17) is 0 Å². The van der Waals surface area contributed by atoms with E-state index < -0.39 is 0 Å². The lowest BCUT2D eigenvalue weighted by Gasteiger charge is -2.32. The molecule has 1 aliphatic rings. The zero-order valence-corrected chi connectivity index (χ0v) is 16.1. The topological polar surface area (TPSA) is 81.7 Å². The molecular formula is C20H25N7O. The Hall–Kier alpha value is -3.03. The fraction of sp³-hybridized carbons (Fsp3) is 0.450. The second-order valence-corrected chi connectivity index (χ2v) is 7.31. The third kappa shape index (κ3) is 4.11. The van der Waals surface area contributed by atoms with E-state index >= 15 is 0 Å². The summed E-state index contributed by atoms with van der Waals surface area (Å²) in [6.07, 6.45) is 12.3. The lowest BCUT2D eigenvalue weighted by atomic mass is 9.96. The van der Waals surface area contributed by atoms with Crippen molar-refractivity contribution in [3.8, 4) is 0 Å². The van der Waals surface area contributed by atoms with Gasteiger partial charge in [0.25, 0.3) is 0 Å². The van der Waals surface area contributed by atoms with Gasteiger partial charge in [0.2, 0.25) is 5.91 Å². The molecule has 146 valence electrons. The van der Waals surface area contributed by atoms with Crippen LogP contribution in [-0.4, -0.2) is 53.2 Å². The summed E-state index contributed by atoms with van der Waals surface area (Å²) < 4.78 is 4.04. The van der Waals surface area contributed by atoms with Gasteiger partial charge in [-0.25, -0.2) is 4.98 Å². The quantitative estimate of drug-likeness (QED) is 0.652. The second kappa shape index (κ2) is 8.33. The second-order valence-electron chi connectivity index (χ2n) is 7.31. The van der Waals surface area contributed by atoms with Crippen LogP contribution < -0.4 is 0 Å². The van der Waals surface area contributed by atoms with Crippen LogP contribution in [0.2, 0.25) is 0 Å². The highest BCUT2D eigenvalue weighted by Crippen LogP contribution is 2.26. The Morgan fingerprint density at radius 1 is 1.25 bits per heavy atom. The molecule has 8 heteroatoms. The number of piperidine rings is 1. The molecule has 1 unspecified atom stereocenters. The van der Waals surface area contributed by atoms with E-state index in [1.807, 2.05) is 41.0 Å². The van der Waals surface area contributed by atoms with Gasteiger partial charge in [0, 0.05) is 57.3 Å². The molecule has 0 bridgehead atoms. The lowest BCUT2D eigenvalue weighted by molar-refractivity contribution is -0.132. The summed E-state index contributed by atoms with van der Waals surface area (Å²) in [6, 6.07) is 3.92. The van der Waals surface area contributed by atoms with Crippen molar-refractivity contribution in [3.05, 3.63) is 60.5 Å². The molecule has 1 fully saturated rings. The van der Waals surface area contributed by atoms with Crippen molar-refractivity contribution >= 4 is 5.91 Å². The number of aromatic nitrogens is 6. The summed E-state index contributed by atoms with van der Waals surface area (Å²) >= 11 is 0. The zero-order chi connectivity index (χ0) is 19.3. The Bertz CT molecular complexity index is 904. The first-order valence-electron chi connectivity index (χ1n) is 9.71. The molecule has 3 aromatic heterocycles. The molecule has 8 nitrogen and oxygen atoms in total. The van der Waals surface area contributed by atoms with Crippen LogP contribution >= 0.6 is 0 Å². The summed E-state index contributed by atoms with van der Waals surface area (Å²) in [5, 5.41) is 8.81. The van der Waals surface area contributed by atoms with Crippen LogP contribution in [0.25, 0.3) is 0 Å². The molecule has 4 heterocycles. The Balaban J connectivity index is 1.38. The molecular weight excluding hydrogens is 354 g/mol. The van der Waals surface area contributed by atoms with E-state index in [0.717, 1.165) is 43.0 Å². The highest BCUT2D eigenvalue weighted by molar-refractivity contribution is 5.76. The molecule has 0 aliphatic carbocycles. The standard InChI is InChI=1S/C20H25N7O/c1-25-18(14-26-11-9-22-15-26)23-24-20(25)17-5-3-10-27(13-17)19(28)7-6-16-4-2-8-21-12-16/h2,4,8-9,11-12,15,17H,3,5-7,10,13-14H2,1H3. The fourth-order valence-corrected chi connectivity index (χ4v) is 3.78. The number of carbonyl (C=O) groups excluding carboxylic acids is 1. The summed E-state index contributed by atoms with van der Waals surface area (Å²) in [4.78, 5) is 22.9. The molecule has 4 rings (SSSR count). The number of imidazole rings is 1. The number of hydrogen-bond donors (Lipinski definition) is 0. The molecule has 0 radical (unpaired) electrons. The van der Waals surface area contributed by atoms with Gasteiger partial charge < -0.3 is 14.0 Å². The van der Waals surface area contributed by atoms with Crippen LogP contribution in [0.3, 0.4) is 0 Å². The van der Waals surface area contributed by atoms with Crippen LogP contribution in [-0.2, 0) is 24.8 Å². The first-order valence-corrected chi connectivity index (χ1v) is 9.71. The van der Waals surface area contributed by atoms with E-state index in [9.17, 15) is 4.79 Å².